The Balaban J connectivity index is 2.94. The molecule has 0 spiro atoms. The molecule has 0 aliphatic heterocycles. The number of hydrogen-bond acceptors (Lipinski definition) is 6. The van der Waals surface area contributed by atoms with E-state index >= 15 is 0 Å². The quantitative estimate of drug-likeness (QED) is 0.473. The summed E-state index contributed by atoms with van der Waals surface area (Å²) in [5.74, 6) is -0.788. The molecular weight excluding hydrogens is 242 g/mol. The summed E-state index contributed by atoms with van der Waals surface area (Å²) in [5.41, 5.74) is 0.497. The molecule has 0 bridgehead atoms. The van der Waals surface area contributed by atoms with Gasteiger partial charge in [-0.2, -0.15) is 0 Å². The van der Waals surface area contributed by atoms with Gasteiger partial charge in [-0.3, -0.25) is 10.1 Å². The lowest BCUT2D eigenvalue weighted by atomic mass is 10.1. The Kier molecular flexibility index (Phi) is 4.47. The average molecular weight is 255 g/mol. The number of phenolic OH excluding ortho intramolecular Hbond substituents is 1. The van der Waals surface area contributed by atoms with Gasteiger partial charge in [0.05, 0.1) is 20.6 Å². The first-order valence-electron chi connectivity index (χ1n) is 5.06. The van der Waals surface area contributed by atoms with Crippen LogP contribution in [-0.2, 0) is 16.0 Å². The van der Waals surface area contributed by atoms with Gasteiger partial charge < -0.3 is 14.6 Å². The second-order valence-corrected chi connectivity index (χ2v) is 3.53. The number of esters is 1. The summed E-state index contributed by atoms with van der Waals surface area (Å²) in [5, 5.41) is 20.1. The number of methoxy groups -OCH3 is 2. The molecule has 1 rings (SSSR count). The molecule has 1 aromatic rings. The van der Waals surface area contributed by atoms with E-state index in [1.54, 1.807) is 0 Å². The van der Waals surface area contributed by atoms with Crippen molar-refractivity contribution in [3.8, 4) is 11.5 Å². The molecule has 7 nitrogen and oxygen atoms in total. The Hall–Kier alpha value is -2.31. The van der Waals surface area contributed by atoms with Crippen molar-refractivity contribution in [1.82, 2.24) is 0 Å². The molecule has 0 aliphatic rings. The molecule has 1 aromatic carbocycles. The number of nitro groups is 1. The topological polar surface area (TPSA) is 98.9 Å². The van der Waals surface area contributed by atoms with E-state index in [-0.39, 0.29) is 17.9 Å². The average Bonchev–Trinajstić information content (AvgIpc) is 2.36. The minimum atomic E-state index is -1.47. The third-order valence-corrected chi connectivity index (χ3v) is 2.40. The summed E-state index contributed by atoms with van der Waals surface area (Å²) >= 11 is 0. The van der Waals surface area contributed by atoms with Crippen LogP contribution in [0.5, 0.6) is 11.5 Å². The fourth-order valence-electron chi connectivity index (χ4n) is 1.45. The summed E-state index contributed by atoms with van der Waals surface area (Å²) in [6.45, 7) is 0. The van der Waals surface area contributed by atoms with Gasteiger partial charge in [-0.05, 0) is 17.7 Å². The zero-order valence-electron chi connectivity index (χ0n) is 9.95. The van der Waals surface area contributed by atoms with Crippen LogP contribution in [-0.4, -0.2) is 36.3 Å². The SMILES string of the molecule is COC(=O)C(Cc1ccc(O)c(OC)c1)[N+](=O)[O-]. The molecule has 1 atom stereocenters. The predicted molar refractivity (Wildman–Crippen MR) is 61.2 cm³/mol. The highest BCUT2D eigenvalue weighted by molar-refractivity contribution is 5.74. The second-order valence-electron chi connectivity index (χ2n) is 3.53. The van der Waals surface area contributed by atoms with Crippen LogP contribution in [0.3, 0.4) is 0 Å². The van der Waals surface area contributed by atoms with Crippen molar-refractivity contribution >= 4 is 5.97 Å². The van der Waals surface area contributed by atoms with Gasteiger partial charge in [-0.15, -0.1) is 0 Å². The van der Waals surface area contributed by atoms with Crippen LogP contribution in [0.4, 0.5) is 0 Å². The lowest BCUT2D eigenvalue weighted by molar-refractivity contribution is -0.509. The zero-order chi connectivity index (χ0) is 13.7. The largest absolute Gasteiger partial charge is 0.504 e. The summed E-state index contributed by atoms with van der Waals surface area (Å²) in [4.78, 5) is 21.3. The Morgan fingerprint density at radius 1 is 1.50 bits per heavy atom. The standard InChI is InChI=1S/C11H13NO6/c1-17-10-6-7(3-4-9(10)13)5-8(12(15)16)11(14)18-2/h3-4,6,8,13H,5H2,1-2H3. The molecule has 0 radical (unpaired) electrons. The number of hydrogen-bond donors (Lipinski definition) is 1. The van der Waals surface area contributed by atoms with Gasteiger partial charge in [0.25, 0.3) is 0 Å². The molecule has 1 unspecified atom stereocenters. The van der Waals surface area contributed by atoms with Gasteiger partial charge in [-0.1, -0.05) is 6.07 Å². The van der Waals surface area contributed by atoms with E-state index in [1.165, 1.54) is 25.3 Å². The van der Waals surface area contributed by atoms with Gasteiger partial charge in [-0.25, -0.2) is 4.79 Å². The second kappa shape index (κ2) is 5.85. The molecule has 0 fully saturated rings. The maximum atomic E-state index is 11.2. The van der Waals surface area contributed by atoms with E-state index in [4.69, 9.17) is 4.74 Å². The summed E-state index contributed by atoms with van der Waals surface area (Å²) in [6.07, 6.45) is -0.129. The highest BCUT2D eigenvalue weighted by Crippen LogP contribution is 2.27. The van der Waals surface area contributed by atoms with Crippen LogP contribution >= 0.6 is 0 Å². The molecule has 0 heterocycles. The Morgan fingerprint density at radius 3 is 2.67 bits per heavy atom. The van der Waals surface area contributed by atoms with Crippen LogP contribution in [0.15, 0.2) is 18.2 Å². The van der Waals surface area contributed by atoms with Crippen molar-refractivity contribution in [1.29, 1.82) is 0 Å². The number of rotatable bonds is 5. The molecule has 0 aromatic heterocycles. The smallest absolute Gasteiger partial charge is 0.381 e. The Morgan fingerprint density at radius 2 is 2.17 bits per heavy atom. The van der Waals surface area contributed by atoms with Crippen molar-refractivity contribution in [2.45, 2.75) is 12.5 Å². The molecular formula is C11H13NO6. The van der Waals surface area contributed by atoms with Crippen molar-refractivity contribution < 1.29 is 24.3 Å². The van der Waals surface area contributed by atoms with Crippen LogP contribution in [0.25, 0.3) is 0 Å². The van der Waals surface area contributed by atoms with E-state index in [9.17, 15) is 20.0 Å². The first-order chi connectivity index (χ1) is 8.49. The minimum Gasteiger partial charge on any atom is -0.504 e. The maximum Gasteiger partial charge on any atom is 0.381 e. The van der Waals surface area contributed by atoms with E-state index in [0.717, 1.165) is 7.11 Å². The molecule has 0 aliphatic carbocycles. The van der Waals surface area contributed by atoms with Crippen molar-refractivity contribution in [3.05, 3.63) is 33.9 Å². The Bertz CT molecular complexity index is 459. The van der Waals surface area contributed by atoms with Crippen LogP contribution < -0.4 is 4.74 Å². The molecule has 0 saturated heterocycles. The molecule has 98 valence electrons. The molecule has 0 saturated carbocycles. The van der Waals surface area contributed by atoms with Gasteiger partial charge in [0.15, 0.2) is 11.5 Å². The first-order valence-corrected chi connectivity index (χ1v) is 5.06. The van der Waals surface area contributed by atoms with Gasteiger partial charge in [0, 0.05) is 4.92 Å². The summed E-state index contributed by atoms with van der Waals surface area (Å²) in [6, 6.07) is 2.80. The van der Waals surface area contributed by atoms with E-state index in [1.807, 2.05) is 0 Å². The molecule has 18 heavy (non-hydrogen) atoms. The zero-order valence-corrected chi connectivity index (χ0v) is 9.95. The maximum absolute atomic E-state index is 11.2. The normalized spacial score (nSPS) is 11.7. The Labute approximate surface area is 103 Å². The number of ether oxygens (including phenoxy) is 2. The third-order valence-electron chi connectivity index (χ3n) is 2.40. The number of benzene rings is 1. The number of phenols is 1. The number of carbonyl (C=O) groups excluding carboxylic acids is 1. The lowest BCUT2D eigenvalue weighted by Gasteiger charge is -2.09. The molecule has 1 N–H and O–H groups in total. The summed E-state index contributed by atoms with van der Waals surface area (Å²) in [7, 11) is 2.46. The number of carbonyl (C=O) groups is 1. The van der Waals surface area contributed by atoms with E-state index in [0.29, 0.717) is 5.56 Å². The fraction of sp³-hybridized carbons (Fsp3) is 0.364. The summed E-state index contributed by atoms with van der Waals surface area (Å²) < 4.78 is 9.24. The van der Waals surface area contributed by atoms with Crippen molar-refractivity contribution in [2.24, 2.45) is 0 Å². The van der Waals surface area contributed by atoms with Crippen molar-refractivity contribution in [2.75, 3.05) is 14.2 Å². The van der Waals surface area contributed by atoms with Crippen LogP contribution in [0.2, 0.25) is 0 Å². The number of aromatic hydroxyl groups is 1. The van der Waals surface area contributed by atoms with Gasteiger partial charge in [0.1, 0.15) is 0 Å². The minimum absolute atomic E-state index is 0.0722. The molecule has 0 amide bonds. The highest BCUT2D eigenvalue weighted by atomic mass is 16.6. The third kappa shape index (κ3) is 3.09. The van der Waals surface area contributed by atoms with E-state index < -0.39 is 16.9 Å². The van der Waals surface area contributed by atoms with Gasteiger partial charge in [0.2, 0.25) is 0 Å². The monoisotopic (exact) mass is 255 g/mol. The highest BCUT2D eigenvalue weighted by Gasteiger charge is 2.31. The van der Waals surface area contributed by atoms with Crippen LogP contribution in [0.1, 0.15) is 5.56 Å². The van der Waals surface area contributed by atoms with Crippen molar-refractivity contribution in [3.63, 3.8) is 0 Å². The first kappa shape index (κ1) is 13.8. The predicted octanol–water partition coefficient (Wildman–Crippen LogP) is 0.762. The lowest BCUT2D eigenvalue weighted by Crippen LogP contribution is -2.32. The van der Waals surface area contributed by atoms with Crippen LogP contribution in [0, 0.1) is 10.1 Å². The fourth-order valence-corrected chi connectivity index (χ4v) is 1.45. The molecule has 7 heteroatoms. The van der Waals surface area contributed by atoms with Gasteiger partial charge >= 0.3 is 12.0 Å². The van der Waals surface area contributed by atoms with E-state index in [2.05, 4.69) is 4.74 Å². The number of nitrogens with zero attached hydrogens (tertiary/aromatic N) is 1.